The first-order valence-electron chi connectivity index (χ1n) is 4.71. The van der Waals surface area contributed by atoms with E-state index in [0.29, 0.717) is 16.9 Å². The number of anilines is 1. The fraction of sp³-hybridized carbons (Fsp3) is 0.300. The number of alkyl halides is 1. The molecule has 0 aliphatic heterocycles. The number of halogens is 1. The highest BCUT2D eigenvalue weighted by molar-refractivity contribution is 6.29. The molecule has 6 heteroatoms. The van der Waals surface area contributed by atoms with Crippen LogP contribution in [0.25, 0.3) is 11.1 Å². The Morgan fingerprint density at radius 1 is 1.56 bits per heavy atom. The topological polar surface area (TPSA) is 68.0 Å². The average molecular weight is 240 g/mol. The summed E-state index contributed by atoms with van der Waals surface area (Å²) in [5, 5.41) is 7.03. The lowest BCUT2D eigenvalue weighted by molar-refractivity contribution is -0.113. The van der Waals surface area contributed by atoms with Crippen molar-refractivity contribution < 1.29 is 9.32 Å². The van der Waals surface area contributed by atoms with Gasteiger partial charge >= 0.3 is 0 Å². The van der Waals surface area contributed by atoms with Gasteiger partial charge in [-0.2, -0.15) is 0 Å². The van der Waals surface area contributed by atoms with E-state index in [1.54, 1.807) is 0 Å². The summed E-state index contributed by atoms with van der Waals surface area (Å²) in [5.74, 6) is -0.0744. The van der Waals surface area contributed by atoms with E-state index in [1.807, 2.05) is 19.9 Å². The highest BCUT2D eigenvalue weighted by Gasteiger charge is 2.14. The van der Waals surface area contributed by atoms with Crippen molar-refractivity contribution >= 4 is 34.4 Å². The molecule has 84 valence electrons. The molecule has 0 aliphatic rings. The van der Waals surface area contributed by atoms with Gasteiger partial charge in [0.15, 0.2) is 5.82 Å². The first kappa shape index (κ1) is 10.9. The third kappa shape index (κ3) is 1.86. The molecule has 1 amide bonds. The molecular formula is C10H10ClN3O2. The fourth-order valence-electron chi connectivity index (χ4n) is 1.54. The Bertz CT molecular complexity index is 550. The molecule has 0 aliphatic carbocycles. The summed E-state index contributed by atoms with van der Waals surface area (Å²) in [4.78, 5) is 15.3. The first-order valence-corrected chi connectivity index (χ1v) is 5.24. The fourth-order valence-corrected chi connectivity index (χ4v) is 1.61. The van der Waals surface area contributed by atoms with Gasteiger partial charge in [-0.1, -0.05) is 5.16 Å². The maximum absolute atomic E-state index is 11.2. The Hall–Kier alpha value is -1.62. The molecule has 5 nitrogen and oxygen atoms in total. The number of rotatable bonds is 2. The third-order valence-electron chi connectivity index (χ3n) is 2.15. The Morgan fingerprint density at radius 3 is 3.00 bits per heavy atom. The molecule has 2 aromatic heterocycles. The maximum atomic E-state index is 11.2. The van der Waals surface area contributed by atoms with E-state index in [-0.39, 0.29) is 11.8 Å². The molecule has 1 N–H and O–H groups in total. The van der Waals surface area contributed by atoms with E-state index in [9.17, 15) is 4.79 Å². The molecule has 0 saturated heterocycles. The van der Waals surface area contributed by atoms with E-state index in [2.05, 4.69) is 15.5 Å². The van der Waals surface area contributed by atoms with Gasteiger partial charge in [0.25, 0.3) is 5.71 Å². The minimum atomic E-state index is -0.322. The predicted octanol–water partition coefficient (Wildman–Crippen LogP) is 2.02. The number of hydrogen-bond acceptors (Lipinski definition) is 4. The summed E-state index contributed by atoms with van der Waals surface area (Å²) in [6, 6.07) is 1.90. The van der Waals surface area contributed by atoms with Gasteiger partial charge in [0.05, 0.1) is 5.39 Å². The van der Waals surface area contributed by atoms with Crippen LogP contribution < -0.4 is 5.32 Å². The summed E-state index contributed by atoms with van der Waals surface area (Å²) < 4.78 is 5.04. The summed E-state index contributed by atoms with van der Waals surface area (Å²) in [7, 11) is 0. The lowest BCUT2D eigenvalue weighted by Crippen LogP contribution is -2.13. The lowest BCUT2D eigenvalue weighted by Gasteiger charge is -2.00. The van der Waals surface area contributed by atoms with E-state index < -0.39 is 0 Å². The molecule has 0 spiro atoms. The zero-order chi connectivity index (χ0) is 11.7. The van der Waals surface area contributed by atoms with E-state index in [0.717, 1.165) is 11.3 Å². The molecule has 0 radical (unpaired) electrons. The van der Waals surface area contributed by atoms with Crippen LogP contribution in [0.4, 0.5) is 5.82 Å². The number of aromatic nitrogens is 2. The Kier molecular flexibility index (Phi) is 2.78. The number of carbonyl (C=O) groups excluding carboxylic acids is 1. The highest BCUT2D eigenvalue weighted by Crippen LogP contribution is 2.25. The van der Waals surface area contributed by atoms with Crippen LogP contribution in [0.1, 0.15) is 11.3 Å². The van der Waals surface area contributed by atoms with Crippen LogP contribution >= 0.6 is 11.6 Å². The predicted molar refractivity (Wildman–Crippen MR) is 60.6 cm³/mol. The van der Waals surface area contributed by atoms with Crippen LogP contribution in [-0.4, -0.2) is 21.9 Å². The molecule has 2 aromatic rings. The molecule has 16 heavy (non-hydrogen) atoms. The number of pyridine rings is 1. The number of carbonyl (C=O) groups is 1. The SMILES string of the molecule is Cc1cc(C)c2c(NC(=O)CCl)noc2n1. The molecule has 0 atom stereocenters. The largest absolute Gasteiger partial charge is 0.334 e. The number of aryl methyl sites for hydroxylation is 2. The number of fused-ring (bicyclic) bond motifs is 1. The Morgan fingerprint density at radius 2 is 2.31 bits per heavy atom. The van der Waals surface area contributed by atoms with Gasteiger partial charge in [-0.05, 0) is 25.5 Å². The van der Waals surface area contributed by atoms with Crippen molar-refractivity contribution in [3.05, 3.63) is 17.3 Å². The van der Waals surface area contributed by atoms with E-state index in [4.69, 9.17) is 16.1 Å². The van der Waals surface area contributed by atoms with Crippen molar-refractivity contribution in [3.63, 3.8) is 0 Å². The van der Waals surface area contributed by atoms with Gasteiger partial charge in [0.1, 0.15) is 5.88 Å². The zero-order valence-electron chi connectivity index (χ0n) is 8.87. The highest BCUT2D eigenvalue weighted by atomic mass is 35.5. The second-order valence-corrected chi connectivity index (χ2v) is 3.74. The summed E-state index contributed by atoms with van der Waals surface area (Å²) in [5.41, 5.74) is 2.22. The van der Waals surface area contributed by atoms with E-state index >= 15 is 0 Å². The molecule has 0 aromatic carbocycles. The molecule has 2 rings (SSSR count). The quantitative estimate of drug-likeness (QED) is 0.814. The van der Waals surface area contributed by atoms with Crippen molar-refractivity contribution in [2.24, 2.45) is 0 Å². The van der Waals surface area contributed by atoms with Crippen LogP contribution in [0.2, 0.25) is 0 Å². The van der Waals surface area contributed by atoms with Gasteiger partial charge < -0.3 is 9.84 Å². The lowest BCUT2D eigenvalue weighted by atomic mass is 10.2. The van der Waals surface area contributed by atoms with Crippen molar-refractivity contribution in [1.29, 1.82) is 0 Å². The monoisotopic (exact) mass is 239 g/mol. The molecule has 2 heterocycles. The van der Waals surface area contributed by atoms with Crippen LogP contribution in [0, 0.1) is 13.8 Å². The van der Waals surface area contributed by atoms with Crippen LogP contribution in [0.5, 0.6) is 0 Å². The van der Waals surface area contributed by atoms with Crippen molar-refractivity contribution in [2.75, 3.05) is 11.2 Å². The van der Waals surface area contributed by atoms with Crippen LogP contribution in [0.3, 0.4) is 0 Å². The van der Waals surface area contributed by atoms with Crippen LogP contribution in [-0.2, 0) is 4.79 Å². The minimum Gasteiger partial charge on any atom is -0.334 e. The number of nitrogens with zero attached hydrogens (tertiary/aromatic N) is 2. The normalized spacial score (nSPS) is 10.7. The van der Waals surface area contributed by atoms with Gasteiger partial charge in [-0.25, -0.2) is 4.98 Å². The van der Waals surface area contributed by atoms with Gasteiger partial charge in [0, 0.05) is 5.69 Å². The molecule has 0 saturated carbocycles. The minimum absolute atomic E-state index is 0.118. The maximum Gasteiger partial charge on any atom is 0.260 e. The third-order valence-corrected chi connectivity index (χ3v) is 2.39. The standard InChI is InChI=1S/C10H10ClN3O2/c1-5-3-6(2)12-10-8(5)9(14-16-10)13-7(15)4-11/h3H,4H2,1-2H3,(H,13,14,15). The van der Waals surface area contributed by atoms with Gasteiger partial charge in [-0.15, -0.1) is 11.6 Å². The summed E-state index contributed by atoms with van der Waals surface area (Å²) in [6.07, 6.45) is 0. The molecule has 0 unspecified atom stereocenters. The number of hydrogen-bond donors (Lipinski definition) is 1. The summed E-state index contributed by atoms with van der Waals surface area (Å²) >= 11 is 5.40. The van der Waals surface area contributed by atoms with Crippen molar-refractivity contribution in [3.8, 4) is 0 Å². The number of nitrogens with one attached hydrogen (secondary N) is 1. The van der Waals surface area contributed by atoms with Crippen LogP contribution in [0.15, 0.2) is 10.6 Å². The van der Waals surface area contributed by atoms with Gasteiger partial charge in [-0.3, -0.25) is 4.79 Å². The van der Waals surface area contributed by atoms with Crippen molar-refractivity contribution in [2.45, 2.75) is 13.8 Å². The van der Waals surface area contributed by atoms with Crippen molar-refractivity contribution in [1.82, 2.24) is 10.1 Å². The first-order chi connectivity index (χ1) is 7.61. The smallest absolute Gasteiger partial charge is 0.260 e. The van der Waals surface area contributed by atoms with E-state index in [1.165, 1.54) is 0 Å². The average Bonchev–Trinajstić information content (AvgIpc) is 2.61. The Balaban J connectivity index is 2.52. The zero-order valence-corrected chi connectivity index (χ0v) is 9.63. The summed E-state index contributed by atoms with van der Waals surface area (Å²) in [6.45, 7) is 3.77. The second kappa shape index (κ2) is 4.09. The molecule has 0 fully saturated rings. The number of amides is 1. The molecule has 0 bridgehead atoms. The second-order valence-electron chi connectivity index (χ2n) is 3.47. The Labute approximate surface area is 96.8 Å². The molecular weight excluding hydrogens is 230 g/mol. The van der Waals surface area contributed by atoms with Gasteiger partial charge in [0.2, 0.25) is 5.91 Å².